The number of hydrogen-bond donors (Lipinski definition) is 2. The van der Waals surface area contributed by atoms with Gasteiger partial charge in [0.15, 0.2) is 18.2 Å². The fourth-order valence-electron chi connectivity index (χ4n) is 2.13. The zero-order valence-corrected chi connectivity index (χ0v) is 14.1. The molecule has 0 saturated heterocycles. The molecule has 1 aromatic carbocycles. The van der Waals surface area contributed by atoms with Crippen molar-refractivity contribution in [3.8, 4) is 5.75 Å². The molecule has 118 valence electrons. The van der Waals surface area contributed by atoms with Crippen LogP contribution in [-0.4, -0.2) is 24.6 Å². The zero-order chi connectivity index (χ0) is 14.8. The van der Waals surface area contributed by atoms with Crippen LogP contribution in [0.3, 0.4) is 0 Å². The second kappa shape index (κ2) is 7.42. The van der Waals surface area contributed by atoms with Crippen LogP contribution in [0.5, 0.6) is 5.75 Å². The van der Waals surface area contributed by atoms with Crippen molar-refractivity contribution in [2.45, 2.75) is 25.3 Å². The predicted octanol–water partition coefficient (Wildman–Crippen LogP) is 2.63. The molecule has 0 aromatic heterocycles. The maximum atomic E-state index is 13.5. The van der Waals surface area contributed by atoms with Crippen molar-refractivity contribution in [3.63, 3.8) is 0 Å². The summed E-state index contributed by atoms with van der Waals surface area (Å²) in [5, 5.41) is 2.89. The summed E-state index contributed by atoms with van der Waals surface area (Å²) in [6.45, 7) is 2.10. The first-order valence-corrected chi connectivity index (χ1v) is 7.33. The zero-order valence-electron chi connectivity index (χ0n) is 11.7. The molecule has 0 aliphatic heterocycles. The summed E-state index contributed by atoms with van der Waals surface area (Å²) in [7, 11) is 0. The van der Waals surface area contributed by atoms with E-state index in [0.29, 0.717) is 16.9 Å². The van der Waals surface area contributed by atoms with E-state index in [1.165, 1.54) is 12.1 Å². The Kier molecular flexibility index (Phi) is 6.43. The third kappa shape index (κ3) is 4.83. The Morgan fingerprint density at radius 3 is 2.76 bits per heavy atom. The molecule has 1 aliphatic carbocycles. The summed E-state index contributed by atoms with van der Waals surface area (Å²) in [6, 6.07) is 4.43. The van der Waals surface area contributed by atoms with E-state index in [4.69, 9.17) is 10.5 Å². The van der Waals surface area contributed by atoms with Crippen LogP contribution in [0.1, 0.15) is 19.8 Å². The lowest BCUT2D eigenvalue weighted by molar-refractivity contribution is -0.125. The monoisotopic (exact) mass is 380 g/mol. The minimum absolute atomic E-state index is 0. The van der Waals surface area contributed by atoms with Gasteiger partial charge in [0, 0.05) is 11.0 Å². The molecule has 2 rings (SSSR count). The fourth-order valence-corrected chi connectivity index (χ4v) is 2.46. The average Bonchev–Trinajstić information content (AvgIpc) is 3.22. The van der Waals surface area contributed by atoms with Crippen LogP contribution in [-0.2, 0) is 4.79 Å². The highest BCUT2D eigenvalue weighted by Gasteiger charge is 2.41. The van der Waals surface area contributed by atoms with Crippen molar-refractivity contribution in [1.82, 2.24) is 5.32 Å². The highest BCUT2D eigenvalue weighted by Crippen LogP contribution is 2.38. The number of carbonyl (C=O) groups is 1. The molecule has 1 fully saturated rings. The van der Waals surface area contributed by atoms with Crippen molar-refractivity contribution >= 4 is 34.2 Å². The summed E-state index contributed by atoms with van der Waals surface area (Å²) in [4.78, 5) is 11.9. The van der Waals surface area contributed by atoms with E-state index >= 15 is 0 Å². The number of rotatable bonds is 6. The molecule has 1 atom stereocenters. The van der Waals surface area contributed by atoms with Gasteiger partial charge in [-0.15, -0.1) is 12.4 Å². The lowest BCUT2D eigenvalue weighted by Crippen LogP contribution is -2.54. The van der Waals surface area contributed by atoms with Gasteiger partial charge < -0.3 is 15.8 Å². The Morgan fingerprint density at radius 2 is 2.24 bits per heavy atom. The van der Waals surface area contributed by atoms with Crippen LogP contribution in [0.4, 0.5) is 4.39 Å². The van der Waals surface area contributed by atoms with Crippen LogP contribution in [0, 0.1) is 11.7 Å². The molecule has 0 heterocycles. The normalized spacial score (nSPS) is 16.6. The van der Waals surface area contributed by atoms with Gasteiger partial charge in [-0.05, 0) is 43.9 Å². The fraction of sp³-hybridized carbons (Fsp3) is 0.500. The smallest absolute Gasteiger partial charge is 0.258 e. The lowest BCUT2D eigenvalue weighted by atomic mass is 9.96. The van der Waals surface area contributed by atoms with Gasteiger partial charge in [-0.3, -0.25) is 4.79 Å². The SMILES string of the molecule is CC(CN)(NC(=O)COc1ccc(Br)cc1F)C1CC1.Cl. The number of amides is 1. The van der Waals surface area contributed by atoms with Crippen molar-refractivity contribution in [1.29, 1.82) is 0 Å². The Labute approximate surface area is 138 Å². The van der Waals surface area contributed by atoms with E-state index in [2.05, 4.69) is 21.2 Å². The van der Waals surface area contributed by atoms with Crippen LogP contribution in [0.2, 0.25) is 0 Å². The summed E-state index contributed by atoms with van der Waals surface area (Å²) in [5.41, 5.74) is 5.33. The second-order valence-electron chi connectivity index (χ2n) is 5.31. The molecule has 3 N–H and O–H groups in total. The van der Waals surface area contributed by atoms with Gasteiger partial charge in [-0.25, -0.2) is 4.39 Å². The predicted molar refractivity (Wildman–Crippen MR) is 85.2 cm³/mol. The topological polar surface area (TPSA) is 64.3 Å². The van der Waals surface area contributed by atoms with E-state index in [0.717, 1.165) is 12.8 Å². The van der Waals surface area contributed by atoms with Crippen molar-refractivity contribution in [2.75, 3.05) is 13.2 Å². The standard InChI is InChI=1S/C14H18BrFN2O2.ClH/c1-14(8-17,9-2-3-9)18-13(19)7-20-12-5-4-10(15)6-11(12)16;/h4-6,9H,2-3,7-8,17H2,1H3,(H,18,19);1H. The number of nitrogens with one attached hydrogen (secondary N) is 1. The molecule has 1 unspecified atom stereocenters. The summed E-state index contributed by atoms with van der Waals surface area (Å²) >= 11 is 3.16. The van der Waals surface area contributed by atoms with Gasteiger partial charge in [0.25, 0.3) is 5.91 Å². The molecule has 0 radical (unpaired) electrons. The van der Waals surface area contributed by atoms with Crippen molar-refractivity contribution in [3.05, 3.63) is 28.5 Å². The largest absolute Gasteiger partial charge is 0.481 e. The molecule has 21 heavy (non-hydrogen) atoms. The second-order valence-corrected chi connectivity index (χ2v) is 6.22. The third-order valence-corrected chi connectivity index (χ3v) is 4.07. The van der Waals surface area contributed by atoms with E-state index in [1.807, 2.05) is 6.92 Å². The van der Waals surface area contributed by atoms with Gasteiger partial charge in [0.1, 0.15) is 0 Å². The van der Waals surface area contributed by atoms with Crippen molar-refractivity contribution < 1.29 is 13.9 Å². The molecule has 1 saturated carbocycles. The number of hydrogen-bond acceptors (Lipinski definition) is 3. The Bertz CT molecular complexity index is 514. The van der Waals surface area contributed by atoms with Crippen LogP contribution in [0.15, 0.2) is 22.7 Å². The first kappa shape index (κ1) is 18.2. The molecule has 0 bridgehead atoms. The minimum Gasteiger partial charge on any atom is -0.481 e. The highest BCUT2D eigenvalue weighted by atomic mass is 79.9. The maximum absolute atomic E-state index is 13.5. The number of nitrogens with two attached hydrogens (primary N) is 1. The number of ether oxygens (including phenoxy) is 1. The molecule has 1 aliphatic rings. The Morgan fingerprint density at radius 1 is 1.57 bits per heavy atom. The Balaban J connectivity index is 0.00000220. The van der Waals surface area contributed by atoms with Gasteiger partial charge in [-0.1, -0.05) is 15.9 Å². The number of halogens is 3. The Hall–Kier alpha value is -0.850. The summed E-state index contributed by atoms with van der Waals surface area (Å²) < 4.78 is 19.4. The molecular formula is C14H19BrClFN2O2. The molecule has 1 aromatic rings. The highest BCUT2D eigenvalue weighted by molar-refractivity contribution is 9.10. The summed E-state index contributed by atoms with van der Waals surface area (Å²) in [6.07, 6.45) is 2.16. The van der Waals surface area contributed by atoms with E-state index in [9.17, 15) is 9.18 Å². The van der Waals surface area contributed by atoms with Crippen molar-refractivity contribution in [2.24, 2.45) is 11.7 Å². The summed E-state index contributed by atoms with van der Waals surface area (Å²) in [5.74, 6) is -0.298. The van der Waals surface area contributed by atoms with Gasteiger partial charge in [0.05, 0.1) is 5.54 Å². The van der Waals surface area contributed by atoms with E-state index in [-0.39, 0.29) is 30.7 Å². The van der Waals surface area contributed by atoms with Gasteiger partial charge >= 0.3 is 0 Å². The molecule has 4 nitrogen and oxygen atoms in total. The number of carbonyl (C=O) groups excluding carboxylic acids is 1. The minimum atomic E-state index is -0.504. The molecule has 1 amide bonds. The van der Waals surface area contributed by atoms with Gasteiger partial charge in [-0.2, -0.15) is 0 Å². The van der Waals surface area contributed by atoms with Crippen LogP contribution >= 0.6 is 28.3 Å². The quantitative estimate of drug-likeness (QED) is 0.796. The van der Waals surface area contributed by atoms with Crippen LogP contribution < -0.4 is 15.8 Å². The molecular weight excluding hydrogens is 363 g/mol. The van der Waals surface area contributed by atoms with Crippen LogP contribution in [0.25, 0.3) is 0 Å². The first-order chi connectivity index (χ1) is 9.44. The van der Waals surface area contributed by atoms with Gasteiger partial charge in [0.2, 0.25) is 0 Å². The number of benzene rings is 1. The van der Waals surface area contributed by atoms with E-state index in [1.54, 1.807) is 6.07 Å². The molecule has 0 spiro atoms. The first-order valence-electron chi connectivity index (χ1n) is 6.53. The molecule has 7 heteroatoms. The maximum Gasteiger partial charge on any atom is 0.258 e. The third-order valence-electron chi connectivity index (χ3n) is 3.58. The van der Waals surface area contributed by atoms with E-state index < -0.39 is 11.4 Å². The average molecular weight is 382 g/mol. The lowest BCUT2D eigenvalue weighted by Gasteiger charge is -2.29.